The Hall–Kier alpha value is -1.91. The maximum Gasteiger partial charge on any atom is 0.240 e. The zero-order valence-electron chi connectivity index (χ0n) is 14.8. The number of hydrogen-bond acceptors (Lipinski definition) is 8. The topological polar surface area (TPSA) is 98.1 Å². The first-order valence-electron chi connectivity index (χ1n) is 9.00. The van der Waals surface area contributed by atoms with Gasteiger partial charge < -0.3 is 9.30 Å². The summed E-state index contributed by atoms with van der Waals surface area (Å²) in [6.45, 7) is 2.90. The molecule has 4 heterocycles. The Kier molecular flexibility index (Phi) is 5.23. The predicted octanol–water partition coefficient (Wildman–Crippen LogP) is 1.34. The van der Waals surface area contributed by atoms with Gasteiger partial charge in [-0.2, -0.15) is 0 Å². The standard InChI is InChI=1S/C16H23N7O2S/c1-22-10-17-19-14(22)11-4-6-23(7-5-11)9-13(24)18-16-21-20-15(26-16)12-3-2-8-25-12/h10-12H,2-9H2,1H3,(H,18,21,24). The molecule has 2 aliphatic rings. The van der Waals surface area contributed by atoms with Gasteiger partial charge in [-0.25, -0.2) is 0 Å². The van der Waals surface area contributed by atoms with Crippen LogP contribution >= 0.6 is 11.3 Å². The summed E-state index contributed by atoms with van der Waals surface area (Å²) >= 11 is 1.41. The van der Waals surface area contributed by atoms with Gasteiger partial charge >= 0.3 is 0 Å². The molecule has 2 saturated heterocycles. The molecule has 1 amide bonds. The second kappa shape index (κ2) is 7.77. The molecule has 1 N–H and O–H groups in total. The van der Waals surface area contributed by atoms with Gasteiger partial charge in [-0.1, -0.05) is 11.3 Å². The monoisotopic (exact) mass is 377 g/mol. The highest BCUT2D eigenvalue weighted by molar-refractivity contribution is 7.15. The Morgan fingerprint density at radius 2 is 2.15 bits per heavy atom. The Balaban J connectivity index is 1.25. The highest BCUT2D eigenvalue weighted by Crippen LogP contribution is 2.32. The van der Waals surface area contributed by atoms with Gasteiger partial charge in [0.25, 0.3) is 0 Å². The van der Waals surface area contributed by atoms with Gasteiger partial charge in [0.05, 0.1) is 6.54 Å². The number of carbonyl (C=O) groups excluding carboxylic acids is 1. The minimum absolute atomic E-state index is 0.0396. The second-order valence-corrected chi connectivity index (χ2v) is 7.85. The first-order valence-corrected chi connectivity index (χ1v) is 9.82. The van der Waals surface area contributed by atoms with E-state index in [0.717, 1.165) is 56.2 Å². The highest BCUT2D eigenvalue weighted by atomic mass is 32.1. The van der Waals surface area contributed by atoms with Crippen LogP contribution in [0, 0.1) is 0 Å². The van der Waals surface area contributed by atoms with E-state index in [0.29, 0.717) is 17.6 Å². The van der Waals surface area contributed by atoms with Crippen molar-refractivity contribution < 1.29 is 9.53 Å². The van der Waals surface area contributed by atoms with Crippen LogP contribution in [0.25, 0.3) is 0 Å². The molecule has 1 atom stereocenters. The molecule has 4 rings (SSSR count). The van der Waals surface area contributed by atoms with Crippen molar-refractivity contribution in [2.24, 2.45) is 7.05 Å². The van der Waals surface area contributed by atoms with E-state index in [1.807, 2.05) is 11.6 Å². The molecule has 140 valence electrons. The predicted molar refractivity (Wildman–Crippen MR) is 95.9 cm³/mol. The fraction of sp³-hybridized carbons (Fsp3) is 0.688. The SMILES string of the molecule is Cn1cnnc1C1CCN(CC(=O)Nc2nnc(C3CCCO3)s2)CC1. The van der Waals surface area contributed by atoms with Gasteiger partial charge in [0.1, 0.15) is 23.3 Å². The third-order valence-corrected chi connectivity index (χ3v) is 5.89. The zero-order valence-corrected chi connectivity index (χ0v) is 15.6. The van der Waals surface area contributed by atoms with Crippen LogP contribution < -0.4 is 5.32 Å². The largest absolute Gasteiger partial charge is 0.371 e. The molecule has 1 unspecified atom stereocenters. The van der Waals surface area contributed by atoms with Gasteiger partial charge in [0.15, 0.2) is 0 Å². The van der Waals surface area contributed by atoms with Crippen LogP contribution in [-0.4, -0.2) is 62.0 Å². The number of nitrogens with zero attached hydrogens (tertiary/aromatic N) is 6. The van der Waals surface area contributed by atoms with E-state index in [2.05, 4.69) is 30.6 Å². The summed E-state index contributed by atoms with van der Waals surface area (Å²) in [4.78, 5) is 14.5. The normalized spacial score (nSPS) is 22.0. The van der Waals surface area contributed by atoms with Crippen molar-refractivity contribution in [3.05, 3.63) is 17.2 Å². The number of piperidine rings is 1. The van der Waals surface area contributed by atoms with Crippen LogP contribution in [0.3, 0.4) is 0 Å². The Morgan fingerprint density at radius 1 is 1.31 bits per heavy atom. The molecule has 2 aromatic heterocycles. The van der Waals surface area contributed by atoms with Gasteiger partial charge in [0, 0.05) is 19.6 Å². The third kappa shape index (κ3) is 3.92. The number of carbonyl (C=O) groups is 1. The molecule has 0 aliphatic carbocycles. The second-order valence-electron chi connectivity index (χ2n) is 6.85. The molecule has 2 aromatic rings. The average molecular weight is 377 g/mol. The van der Waals surface area contributed by atoms with E-state index in [1.54, 1.807) is 6.33 Å². The molecule has 2 aliphatic heterocycles. The summed E-state index contributed by atoms with van der Waals surface area (Å²) in [7, 11) is 1.97. The van der Waals surface area contributed by atoms with Crippen LogP contribution in [0.15, 0.2) is 6.33 Å². The molecular formula is C16H23N7O2S. The lowest BCUT2D eigenvalue weighted by atomic mass is 9.96. The van der Waals surface area contributed by atoms with Crippen LogP contribution in [0.5, 0.6) is 0 Å². The molecule has 0 saturated carbocycles. The lowest BCUT2D eigenvalue weighted by Crippen LogP contribution is -2.39. The number of ether oxygens (including phenoxy) is 1. The smallest absolute Gasteiger partial charge is 0.240 e. The maximum absolute atomic E-state index is 12.3. The molecule has 2 fully saturated rings. The average Bonchev–Trinajstić information content (AvgIpc) is 3.37. The molecule has 26 heavy (non-hydrogen) atoms. The molecule has 0 spiro atoms. The zero-order chi connectivity index (χ0) is 17.9. The van der Waals surface area contributed by atoms with Crippen molar-refractivity contribution in [1.29, 1.82) is 0 Å². The van der Waals surface area contributed by atoms with Crippen LogP contribution in [0.2, 0.25) is 0 Å². The van der Waals surface area contributed by atoms with Gasteiger partial charge in [-0.15, -0.1) is 20.4 Å². The number of amides is 1. The van der Waals surface area contributed by atoms with E-state index in [1.165, 1.54) is 11.3 Å². The van der Waals surface area contributed by atoms with Crippen molar-refractivity contribution in [1.82, 2.24) is 29.9 Å². The van der Waals surface area contributed by atoms with Gasteiger partial charge in [-0.05, 0) is 38.8 Å². The summed E-state index contributed by atoms with van der Waals surface area (Å²) in [5, 5.41) is 20.6. The Bertz CT molecular complexity index is 747. The number of aromatic nitrogens is 5. The lowest BCUT2D eigenvalue weighted by Gasteiger charge is -2.30. The fourth-order valence-electron chi connectivity index (χ4n) is 3.56. The van der Waals surface area contributed by atoms with E-state index >= 15 is 0 Å². The van der Waals surface area contributed by atoms with E-state index in [9.17, 15) is 4.79 Å². The van der Waals surface area contributed by atoms with Gasteiger partial charge in [-0.3, -0.25) is 15.0 Å². The Morgan fingerprint density at radius 3 is 2.85 bits per heavy atom. The third-order valence-electron chi connectivity index (χ3n) is 4.96. The van der Waals surface area contributed by atoms with Crippen molar-refractivity contribution in [3.8, 4) is 0 Å². The van der Waals surface area contributed by atoms with Crippen molar-refractivity contribution in [2.45, 2.75) is 37.7 Å². The number of anilines is 1. The molecule has 0 bridgehead atoms. The molecule has 0 aromatic carbocycles. The number of likely N-dealkylation sites (tertiary alicyclic amines) is 1. The highest BCUT2D eigenvalue weighted by Gasteiger charge is 2.26. The Labute approximate surface area is 155 Å². The van der Waals surface area contributed by atoms with Crippen LogP contribution in [0.4, 0.5) is 5.13 Å². The number of aryl methyl sites for hydroxylation is 1. The number of hydrogen-bond donors (Lipinski definition) is 1. The number of nitrogens with one attached hydrogen (secondary N) is 1. The van der Waals surface area contributed by atoms with Crippen molar-refractivity contribution in [2.75, 3.05) is 31.6 Å². The maximum atomic E-state index is 12.3. The van der Waals surface area contributed by atoms with Crippen molar-refractivity contribution in [3.63, 3.8) is 0 Å². The molecule has 0 radical (unpaired) electrons. The molecule has 10 heteroatoms. The molecular weight excluding hydrogens is 354 g/mol. The lowest BCUT2D eigenvalue weighted by molar-refractivity contribution is -0.117. The summed E-state index contributed by atoms with van der Waals surface area (Å²) in [5.74, 6) is 1.40. The van der Waals surface area contributed by atoms with E-state index < -0.39 is 0 Å². The first kappa shape index (κ1) is 17.5. The number of rotatable bonds is 5. The van der Waals surface area contributed by atoms with Crippen molar-refractivity contribution >= 4 is 22.4 Å². The molecule has 9 nitrogen and oxygen atoms in total. The summed E-state index contributed by atoms with van der Waals surface area (Å²) < 4.78 is 7.58. The van der Waals surface area contributed by atoms with Gasteiger partial charge in [0.2, 0.25) is 11.0 Å². The summed E-state index contributed by atoms with van der Waals surface area (Å²) in [6.07, 6.45) is 5.78. The quantitative estimate of drug-likeness (QED) is 0.839. The first-order chi connectivity index (χ1) is 12.7. The van der Waals surface area contributed by atoms with Crippen LogP contribution in [-0.2, 0) is 16.6 Å². The minimum Gasteiger partial charge on any atom is -0.371 e. The van der Waals surface area contributed by atoms with E-state index in [-0.39, 0.29) is 12.0 Å². The van der Waals surface area contributed by atoms with E-state index in [4.69, 9.17) is 4.74 Å². The fourth-order valence-corrected chi connectivity index (χ4v) is 4.40. The van der Waals surface area contributed by atoms with Crippen LogP contribution in [0.1, 0.15) is 48.5 Å². The summed E-state index contributed by atoms with van der Waals surface area (Å²) in [6, 6.07) is 0. The minimum atomic E-state index is -0.0443. The summed E-state index contributed by atoms with van der Waals surface area (Å²) in [5.41, 5.74) is 0.